The first kappa shape index (κ1) is 91.4. The van der Waals surface area contributed by atoms with Gasteiger partial charge in [0.2, 0.25) is 0 Å². The summed E-state index contributed by atoms with van der Waals surface area (Å²) in [5, 5.41) is 0. The number of hydrogen-bond donors (Lipinski definition) is 0. The highest BCUT2D eigenvalue weighted by molar-refractivity contribution is 7.53. The van der Waals surface area contributed by atoms with Crippen LogP contribution in [0.5, 0.6) is 23.0 Å². The summed E-state index contributed by atoms with van der Waals surface area (Å²) >= 11 is 0. The molecule has 2 atom stereocenters. The molecule has 0 saturated carbocycles. The summed E-state index contributed by atoms with van der Waals surface area (Å²) in [6.45, 7) is 23.0. The number of benzene rings is 10. The maximum absolute atomic E-state index is 13.3. The van der Waals surface area contributed by atoms with Crippen LogP contribution in [0.1, 0.15) is 186 Å². The normalized spacial score (nSPS) is 12.1. The summed E-state index contributed by atoms with van der Waals surface area (Å²) in [4.78, 5) is 26.1. The number of para-hydroxylation sites is 2. The first-order chi connectivity index (χ1) is 56.3. The molecule has 0 aliphatic carbocycles. The van der Waals surface area contributed by atoms with Crippen LogP contribution < -0.4 is 28.7 Å². The molecule has 10 aromatic rings. The standard InChI is InChI=1S/C53H55NO2.C27H50O8P2.C20H15NO2/c1-41(2)15-14-16-42(3)37-38-56-53-40-47(52(55-4)39-48(53)32-25-44-19-10-6-11-20-44)31-26-46-29-35-51(36-30-46)54(49-21-12-7-13-22-49)50-33-27-45(28-34-50)24-23-43-17-8-5-9-18-43;1-9-32-36(28,33-10-2)20-24-19-27(31-17-16-23(7)15-13-14-22(5)6)25(18-26(24)30-8)21-37(29,34-11-3)35-12-4;22-14-16-6-10-19(11-7-16)21(18-4-2-1-3-5-18)20-12-8-17(15-23)9-13-20/h5-13,17-36,39-42H,14-16,37-38H2,1-4H3;18-19,22-23H,9-17,20-21H2,1-8H3;1-15H. The van der Waals surface area contributed by atoms with Gasteiger partial charge >= 0.3 is 15.2 Å². The lowest BCUT2D eigenvalue weighted by atomic mass is 9.97. The number of carbonyl (C=O) groups excluding carboxylic acids is 2. The van der Waals surface area contributed by atoms with E-state index in [4.69, 9.17) is 37.0 Å². The first-order valence-corrected chi connectivity index (χ1v) is 44.4. The van der Waals surface area contributed by atoms with Gasteiger partial charge in [-0.05, 0) is 208 Å². The second kappa shape index (κ2) is 49.0. The van der Waals surface area contributed by atoms with Gasteiger partial charge in [-0.15, -0.1) is 0 Å². The van der Waals surface area contributed by atoms with Crippen LogP contribution in [0.4, 0.5) is 34.1 Å². The maximum Gasteiger partial charge on any atom is 0.335 e. The number of methoxy groups -OCH3 is 2. The van der Waals surface area contributed by atoms with Crippen LogP contribution in [0.25, 0.3) is 36.5 Å². The van der Waals surface area contributed by atoms with Crippen molar-refractivity contribution in [1.82, 2.24) is 0 Å². The van der Waals surface area contributed by atoms with Crippen LogP contribution in [-0.4, -0.2) is 66.4 Å². The number of hydrogen-bond acceptors (Lipinski definition) is 14. The van der Waals surface area contributed by atoms with Crippen LogP contribution in [0.2, 0.25) is 0 Å². The lowest BCUT2D eigenvalue weighted by Gasteiger charge is -2.25. The van der Waals surface area contributed by atoms with E-state index < -0.39 is 15.2 Å². The van der Waals surface area contributed by atoms with E-state index in [-0.39, 0.29) is 38.8 Å². The molecular formula is C100H120N2O12P2. The minimum atomic E-state index is -3.39. The zero-order valence-electron chi connectivity index (χ0n) is 70.0. The van der Waals surface area contributed by atoms with Crippen molar-refractivity contribution >= 4 is 98.3 Å². The summed E-state index contributed by atoms with van der Waals surface area (Å²) in [5.74, 6) is 5.31. The number of anilines is 6. The highest BCUT2D eigenvalue weighted by Gasteiger charge is 2.31. The molecule has 0 aliphatic rings. The number of aldehydes is 2. The number of carbonyl (C=O) groups is 2. The van der Waals surface area contributed by atoms with Crippen molar-refractivity contribution in [2.45, 2.75) is 133 Å². The largest absolute Gasteiger partial charge is 0.496 e. The molecule has 0 saturated heterocycles. The Labute approximate surface area is 691 Å². The fourth-order valence-corrected chi connectivity index (χ4v) is 16.6. The van der Waals surface area contributed by atoms with E-state index >= 15 is 0 Å². The molecule has 16 heteroatoms. The van der Waals surface area contributed by atoms with Gasteiger partial charge in [-0.1, -0.05) is 238 Å². The van der Waals surface area contributed by atoms with Gasteiger partial charge < -0.3 is 46.8 Å². The van der Waals surface area contributed by atoms with Crippen LogP contribution >= 0.6 is 15.2 Å². The number of ether oxygens (including phenoxy) is 4. The predicted molar refractivity (Wildman–Crippen MR) is 484 cm³/mol. The lowest BCUT2D eigenvalue weighted by molar-refractivity contribution is 0.111. The Morgan fingerprint density at radius 1 is 0.319 bits per heavy atom. The molecule has 0 aliphatic heterocycles. The Balaban J connectivity index is 0.000000240. The Bertz CT molecular complexity index is 4640. The van der Waals surface area contributed by atoms with Crippen molar-refractivity contribution in [3.8, 4) is 23.0 Å². The van der Waals surface area contributed by atoms with Gasteiger partial charge in [-0.2, -0.15) is 0 Å². The molecule has 0 radical (unpaired) electrons. The topological polar surface area (TPSA) is 149 Å². The molecule has 612 valence electrons. The molecule has 0 N–H and O–H groups in total. The molecule has 2 unspecified atom stereocenters. The molecule has 116 heavy (non-hydrogen) atoms. The predicted octanol–water partition coefficient (Wildman–Crippen LogP) is 28.1. The summed E-state index contributed by atoms with van der Waals surface area (Å²) in [7, 11) is -3.50. The minimum absolute atomic E-state index is 0.0364. The number of rotatable bonds is 44. The lowest BCUT2D eigenvalue weighted by Crippen LogP contribution is -2.09. The van der Waals surface area contributed by atoms with E-state index in [1.54, 1.807) is 78.3 Å². The van der Waals surface area contributed by atoms with E-state index in [0.717, 1.165) is 111 Å². The third-order valence-electron chi connectivity index (χ3n) is 19.4. The number of nitrogens with zero attached hydrogens (tertiary/aromatic N) is 2. The molecule has 0 fully saturated rings. The first-order valence-electron chi connectivity index (χ1n) is 40.9. The SMILES string of the molecule is CCOP(=O)(Cc1cc(OCCC(C)CCCC(C)C)c(CP(=O)(OCC)OCC)cc1OC)OCC.COc1cc(C=Cc2ccccc2)c(OCCC(C)CCCC(C)C)cc1C=Cc1ccc(N(c2ccccc2)c2ccc(C=Cc3ccccc3)cc2)cc1.O=Cc1ccc(N(c2ccccc2)c2ccc(C=O)cc2)cc1. The van der Waals surface area contributed by atoms with Gasteiger partial charge in [0.15, 0.2) is 0 Å². The second-order valence-electron chi connectivity index (χ2n) is 29.5. The Morgan fingerprint density at radius 2 is 0.612 bits per heavy atom. The Kier molecular flexibility index (Phi) is 38.6. The maximum atomic E-state index is 13.3. The van der Waals surface area contributed by atoms with Crippen LogP contribution in [-0.2, 0) is 39.5 Å². The zero-order chi connectivity index (χ0) is 82.9. The summed E-state index contributed by atoms with van der Waals surface area (Å²) in [5.41, 5.74) is 15.3. The van der Waals surface area contributed by atoms with Crippen LogP contribution in [0, 0.1) is 23.7 Å². The van der Waals surface area contributed by atoms with Gasteiger partial charge in [0.25, 0.3) is 0 Å². The van der Waals surface area contributed by atoms with Gasteiger partial charge in [0, 0.05) is 67.5 Å². The van der Waals surface area contributed by atoms with E-state index in [1.165, 1.54) is 37.7 Å². The average Bonchev–Trinajstić information content (AvgIpc) is 0.806. The van der Waals surface area contributed by atoms with E-state index in [2.05, 4.69) is 227 Å². The molecule has 0 heterocycles. The van der Waals surface area contributed by atoms with Crippen molar-refractivity contribution in [3.05, 3.63) is 298 Å². The molecule has 0 bridgehead atoms. The summed E-state index contributed by atoms with van der Waals surface area (Å²) in [6, 6.07) is 81.2. The third kappa shape index (κ3) is 30.2. The third-order valence-corrected chi connectivity index (χ3v) is 23.5. The van der Waals surface area contributed by atoms with Crippen molar-refractivity contribution in [2.75, 3.05) is 63.7 Å². The van der Waals surface area contributed by atoms with E-state index in [9.17, 15) is 18.7 Å². The van der Waals surface area contributed by atoms with Crippen molar-refractivity contribution in [2.24, 2.45) is 23.7 Å². The molecule has 0 aromatic heterocycles. The molecular weight excluding hydrogens is 1480 g/mol. The summed E-state index contributed by atoms with van der Waals surface area (Å²) in [6.07, 6.45) is 23.8. The Morgan fingerprint density at radius 3 is 0.957 bits per heavy atom. The smallest absolute Gasteiger partial charge is 0.335 e. The van der Waals surface area contributed by atoms with Crippen LogP contribution in [0.3, 0.4) is 0 Å². The fourth-order valence-electron chi connectivity index (χ4n) is 13.2. The van der Waals surface area contributed by atoms with Crippen LogP contribution in [0.15, 0.2) is 243 Å². The van der Waals surface area contributed by atoms with Gasteiger partial charge in [-0.3, -0.25) is 18.7 Å². The summed E-state index contributed by atoms with van der Waals surface area (Å²) < 4.78 is 73.0. The van der Waals surface area contributed by atoms with Gasteiger partial charge in [0.1, 0.15) is 35.6 Å². The van der Waals surface area contributed by atoms with Crippen molar-refractivity contribution < 1.29 is 55.8 Å². The highest BCUT2D eigenvalue weighted by Crippen LogP contribution is 2.56. The van der Waals surface area contributed by atoms with E-state index in [1.807, 2.05) is 66.7 Å². The fraction of sp³-hybridized carbons (Fsp3) is 0.320. The second-order valence-corrected chi connectivity index (χ2v) is 33.6. The molecule has 10 rings (SSSR count). The Hall–Kier alpha value is -10.1. The quantitative estimate of drug-likeness (QED) is 0.0202. The monoisotopic (exact) mass is 1600 g/mol. The minimum Gasteiger partial charge on any atom is -0.496 e. The van der Waals surface area contributed by atoms with Gasteiger partial charge in [-0.25, -0.2) is 0 Å². The molecule has 14 nitrogen and oxygen atoms in total. The molecule has 0 amide bonds. The molecule has 0 spiro atoms. The van der Waals surface area contributed by atoms with E-state index in [0.29, 0.717) is 64.7 Å². The van der Waals surface area contributed by atoms with Crippen molar-refractivity contribution in [1.29, 1.82) is 0 Å². The average molecular weight is 1600 g/mol. The van der Waals surface area contributed by atoms with Gasteiger partial charge in [0.05, 0.1) is 66.2 Å². The highest BCUT2D eigenvalue weighted by atomic mass is 31.2. The van der Waals surface area contributed by atoms with Crippen molar-refractivity contribution in [3.63, 3.8) is 0 Å². The zero-order valence-corrected chi connectivity index (χ0v) is 71.8. The molecule has 10 aromatic carbocycles.